The Labute approximate surface area is 164 Å². The Hall–Kier alpha value is -3.25. The number of esters is 1. The summed E-state index contributed by atoms with van der Waals surface area (Å²) in [5.41, 5.74) is 4.22. The smallest absolute Gasteiger partial charge is 0.343 e. The molecule has 0 heterocycles. The molecule has 3 aromatic rings. The van der Waals surface area contributed by atoms with Crippen LogP contribution in [0.2, 0.25) is 0 Å². The lowest BCUT2D eigenvalue weighted by Gasteiger charge is -2.04. The quantitative estimate of drug-likeness (QED) is 0.286. The van der Waals surface area contributed by atoms with Gasteiger partial charge in [0.25, 0.3) is 5.91 Å². The molecule has 0 spiro atoms. The zero-order valence-corrected chi connectivity index (χ0v) is 15.7. The lowest BCUT2D eigenvalue weighted by Crippen LogP contribution is -2.17. The number of ether oxygens (including phenoxy) is 1. The molecular formula is C21H15BrN2O3. The van der Waals surface area contributed by atoms with Gasteiger partial charge in [0.05, 0.1) is 11.8 Å². The average molecular weight is 423 g/mol. The number of halogens is 1. The summed E-state index contributed by atoms with van der Waals surface area (Å²) in [4.78, 5) is 24.0. The molecular weight excluding hydrogens is 408 g/mol. The molecule has 0 unspecified atom stereocenters. The summed E-state index contributed by atoms with van der Waals surface area (Å²) in [6.45, 7) is 0. The third-order valence-electron chi connectivity index (χ3n) is 3.59. The Morgan fingerprint density at radius 1 is 0.852 bits per heavy atom. The first-order valence-electron chi connectivity index (χ1n) is 8.08. The molecule has 0 saturated carbocycles. The maximum Gasteiger partial charge on any atom is 0.343 e. The van der Waals surface area contributed by atoms with Crippen LogP contribution >= 0.6 is 15.9 Å². The SMILES string of the molecule is O=C(N/N=C/c1ccc(OC(=O)c2ccccc2)cc1)c1ccc(Br)cc1. The molecule has 5 nitrogen and oxygen atoms in total. The minimum Gasteiger partial charge on any atom is -0.423 e. The van der Waals surface area contributed by atoms with Crippen LogP contribution in [0.25, 0.3) is 0 Å². The Kier molecular flexibility index (Phi) is 6.12. The Balaban J connectivity index is 1.55. The molecule has 0 atom stereocenters. The first-order valence-corrected chi connectivity index (χ1v) is 8.87. The molecule has 6 heteroatoms. The van der Waals surface area contributed by atoms with E-state index in [0.29, 0.717) is 16.9 Å². The van der Waals surface area contributed by atoms with Crippen LogP contribution in [-0.2, 0) is 0 Å². The number of hydrazone groups is 1. The Bertz CT molecular complexity index is 953. The summed E-state index contributed by atoms with van der Waals surface area (Å²) in [5, 5.41) is 3.93. The van der Waals surface area contributed by atoms with Gasteiger partial charge in [0.2, 0.25) is 0 Å². The van der Waals surface area contributed by atoms with E-state index in [1.165, 1.54) is 6.21 Å². The zero-order valence-electron chi connectivity index (χ0n) is 14.1. The number of hydrogen-bond acceptors (Lipinski definition) is 4. The predicted octanol–water partition coefficient (Wildman–Crippen LogP) is 4.43. The maximum atomic E-state index is 12.0. The van der Waals surface area contributed by atoms with Gasteiger partial charge in [0.1, 0.15) is 5.75 Å². The van der Waals surface area contributed by atoms with E-state index >= 15 is 0 Å². The minimum atomic E-state index is -0.418. The van der Waals surface area contributed by atoms with Gasteiger partial charge in [0, 0.05) is 10.0 Å². The largest absolute Gasteiger partial charge is 0.423 e. The third kappa shape index (κ3) is 5.36. The van der Waals surface area contributed by atoms with E-state index in [-0.39, 0.29) is 5.91 Å². The second kappa shape index (κ2) is 8.91. The van der Waals surface area contributed by atoms with Gasteiger partial charge in [-0.1, -0.05) is 34.1 Å². The molecule has 0 aliphatic heterocycles. The fourth-order valence-electron chi connectivity index (χ4n) is 2.19. The van der Waals surface area contributed by atoms with Crippen LogP contribution in [0, 0.1) is 0 Å². The molecule has 3 aromatic carbocycles. The van der Waals surface area contributed by atoms with Crippen molar-refractivity contribution in [3.8, 4) is 5.75 Å². The standard InChI is InChI=1S/C21H15BrN2O3/c22-18-10-8-16(9-11-18)20(25)24-23-14-15-6-12-19(13-7-15)27-21(26)17-4-2-1-3-5-17/h1-14H,(H,24,25)/b23-14+. The van der Waals surface area contributed by atoms with Crippen LogP contribution in [-0.4, -0.2) is 18.1 Å². The number of amides is 1. The third-order valence-corrected chi connectivity index (χ3v) is 4.11. The topological polar surface area (TPSA) is 67.8 Å². The molecule has 0 aromatic heterocycles. The molecule has 0 aliphatic carbocycles. The second-order valence-electron chi connectivity index (χ2n) is 5.53. The molecule has 27 heavy (non-hydrogen) atoms. The monoisotopic (exact) mass is 422 g/mol. The van der Waals surface area contributed by atoms with E-state index in [2.05, 4.69) is 26.5 Å². The molecule has 0 radical (unpaired) electrons. The fourth-order valence-corrected chi connectivity index (χ4v) is 2.46. The van der Waals surface area contributed by atoms with E-state index in [0.717, 1.165) is 10.0 Å². The van der Waals surface area contributed by atoms with Gasteiger partial charge < -0.3 is 4.74 Å². The number of benzene rings is 3. The summed E-state index contributed by atoms with van der Waals surface area (Å²) in [6.07, 6.45) is 1.51. The Morgan fingerprint density at radius 3 is 2.19 bits per heavy atom. The van der Waals surface area contributed by atoms with Gasteiger partial charge in [0.15, 0.2) is 0 Å². The first kappa shape index (κ1) is 18.5. The summed E-state index contributed by atoms with van der Waals surface area (Å²) in [6, 6.07) is 22.5. The zero-order chi connectivity index (χ0) is 19.1. The normalized spacial score (nSPS) is 10.6. The fraction of sp³-hybridized carbons (Fsp3) is 0. The van der Waals surface area contributed by atoms with Crippen LogP contribution in [0.5, 0.6) is 5.75 Å². The maximum absolute atomic E-state index is 12.0. The number of carbonyl (C=O) groups is 2. The summed E-state index contributed by atoms with van der Waals surface area (Å²) < 4.78 is 6.21. The number of nitrogens with one attached hydrogen (secondary N) is 1. The van der Waals surface area contributed by atoms with E-state index in [1.54, 1.807) is 72.8 Å². The minimum absolute atomic E-state index is 0.299. The molecule has 0 bridgehead atoms. The van der Waals surface area contributed by atoms with Gasteiger partial charge in [-0.05, 0) is 66.2 Å². The van der Waals surface area contributed by atoms with E-state index in [1.807, 2.05) is 6.07 Å². The highest BCUT2D eigenvalue weighted by molar-refractivity contribution is 9.10. The van der Waals surface area contributed by atoms with Gasteiger partial charge >= 0.3 is 5.97 Å². The Morgan fingerprint density at radius 2 is 1.52 bits per heavy atom. The lowest BCUT2D eigenvalue weighted by atomic mass is 10.2. The van der Waals surface area contributed by atoms with Crippen molar-refractivity contribution in [2.24, 2.45) is 5.10 Å². The van der Waals surface area contributed by atoms with Crippen molar-refractivity contribution in [2.75, 3.05) is 0 Å². The van der Waals surface area contributed by atoms with E-state index in [9.17, 15) is 9.59 Å². The summed E-state index contributed by atoms with van der Waals surface area (Å²) in [7, 11) is 0. The van der Waals surface area contributed by atoms with Crippen molar-refractivity contribution in [3.05, 3.63) is 100 Å². The highest BCUT2D eigenvalue weighted by Gasteiger charge is 2.07. The molecule has 0 aliphatic rings. The van der Waals surface area contributed by atoms with E-state index in [4.69, 9.17) is 4.74 Å². The molecule has 0 fully saturated rings. The van der Waals surface area contributed by atoms with Gasteiger partial charge in [-0.3, -0.25) is 4.79 Å². The molecule has 1 N–H and O–H groups in total. The molecule has 1 amide bonds. The van der Waals surface area contributed by atoms with Crippen molar-refractivity contribution < 1.29 is 14.3 Å². The van der Waals surface area contributed by atoms with Crippen molar-refractivity contribution in [1.29, 1.82) is 0 Å². The van der Waals surface area contributed by atoms with Crippen molar-refractivity contribution in [2.45, 2.75) is 0 Å². The summed E-state index contributed by atoms with van der Waals surface area (Å²) in [5.74, 6) is -0.286. The van der Waals surface area contributed by atoms with Crippen LogP contribution in [0.15, 0.2) is 88.4 Å². The van der Waals surface area contributed by atoms with Crippen LogP contribution in [0.3, 0.4) is 0 Å². The number of nitrogens with zero attached hydrogens (tertiary/aromatic N) is 1. The highest BCUT2D eigenvalue weighted by atomic mass is 79.9. The first-order chi connectivity index (χ1) is 13.1. The van der Waals surface area contributed by atoms with Crippen LogP contribution < -0.4 is 10.2 Å². The average Bonchev–Trinajstić information content (AvgIpc) is 2.70. The van der Waals surface area contributed by atoms with Crippen LogP contribution in [0.1, 0.15) is 26.3 Å². The molecule has 3 rings (SSSR count). The summed E-state index contributed by atoms with van der Waals surface area (Å²) >= 11 is 3.32. The van der Waals surface area contributed by atoms with E-state index < -0.39 is 5.97 Å². The molecule has 0 saturated heterocycles. The van der Waals surface area contributed by atoms with Crippen molar-refractivity contribution in [1.82, 2.24) is 5.43 Å². The predicted molar refractivity (Wildman–Crippen MR) is 107 cm³/mol. The molecule has 134 valence electrons. The van der Waals surface area contributed by atoms with Gasteiger partial charge in [-0.15, -0.1) is 0 Å². The second-order valence-corrected chi connectivity index (χ2v) is 6.45. The van der Waals surface area contributed by atoms with Crippen molar-refractivity contribution >= 4 is 34.0 Å². The van der Waals surface area contributed by atoms with Gasteiger partial charge in [-0.25, -0.2) is 10.2 Å². The van der Waals surface area contributed by atoms with Crippen LogP contribution in [0.4, 0.5) is 0 Å². The number of hydrogen-bond donors (Lipinski definition) is 1. The van der Waals surface area contributed by atoms with Gasteiger partial charge in [-0.2, -0.15) is 5.10 Å². The number of carbonyl (C=O) groups excluding carboxylic acids is 2. The highest BCUT2D eigenvalue weighted by Crippen LogP contribution is 2.14. The number of rotatable bonds is 5. The van der Waals surface area contributed by atoms with Crippen molar-refractivity contribution in [3.63, 3.8) is 0 Å². The lowest BCUT2D eigenvalue weighted by molar-refractivity contribution is 0.0734.